The highest BCUT2D eigenvalue weighted by Crippen LogP contribution is 2.29. The maximum absolute atomic E-state index is 10.6. The van der Waals surface area contributed by atoms with Crippen molar-refractivity contribution in [3.63, 3.8) is 0 Å². The summed E-state index contributed by atoms with van der Waals surface area (Å²) in [6, 6.07) is 4.92. The quantitative estimate of drug-likeness (QED) is 0.596. The Kier molecular flexibility index (Phi) is 6.74. The van der Waals surface area contributed by atoms with Gasteiger partial charge in [-0.05, 0) is 37.8 Å². The van der Waals surface area contributed by atoms with Gasteiger partial charge in [0.15, 0.2) is 0 Å². The number of aromatic hydroxyl groups is 1. The molecule has 3 N–H and O–H groups in total. The van der Waals surface area contributed by atoms with Gasteiger partial charge in [-0.2, -0.15) is 0 Å². The monoisotopic (exact) mass is 268 g/mol. The number of aliphatic hydroxyl groups excluding tert-OH is 1. The summed E-state index contributed by atoms with van der Waals surface area (Å²) in [7, 11) is 0. The molecular weight excluding hydrogens is 248 g/mol. The molecule has 0 aromatic heterocycles. The van der Waals surface area contributed by atoms with Gasteiger partial charge >= 0.3 is 5.97 Å². The number of benzene rings is 1. The van der Waals surface area contributed by atoms with E-state index >= 15 is 0 Å². The van der Waals surface area contributed by atoms with Crippen LogP contribution in [0.2, 0.25) is 0 Å². The van der Waals surface area contributed by atoms with Crippen molar-refractivity contribution in [2.75, 3.05) is 13.2 Å². The highest BCUT2D eigenvalue weighted by atomic mass is 16.5. The van der Waals surface area contributed by atoms with Gasteiger partial charge in [-0.15, -0.1) is 0 Å². The molecule has 5 heteroatoms. The molecule has 0 bridgehead atoms. The van der Waals surface area contributed by atoms with E-state index in [1.54, 1.807) is 12.1 Å². The molecule has 0 atom stereocenters. The van der Waals surface area contributed by atoms with Crippen molar-refractivity contribution < 1.29 is 24.9 Å². The van der Waals surface area contributed by atoms with Crippen LogP contribution in [0, 0.1) is 0 Å². The molecule has 0 unspecified atom stereocenters. The first-order valence-corrected chi connectivity index (χ1v) is 6.41. The Morgan fingerprint density at radius 2 is 2.00 bits per heavy atom. The van der Waals surface area contributed by atoms with Crippen molar-refractivity contribution in [2.24, 2.45) is 0 Å². The third-order valence-corrected chi connectivity index (χ3v) is 2.76. The number of carboxylic acid groups (broad SMARTS) is 1. The van der Waals surface area contributed by atoms with Gasteiger partial charge in [0.25, 0.3) is 0 Å². The number of unbranched alkanes of at least 4 members (excludes halogenated alkanes) is 2. The van der Waals surface area contributed by atoms with Gasteiger partial charge < -0.3 is 20.1 Å². The Morgan fingerprint density at radius 3 is 2.68 bits per heavy atom. The Bertz CT molecular complexity index is 403. The summed E-state index contributed by atoms with van der Waals surface area (Å²) in [4.78, 5) is 10.6. The minimum atomic E-state index is -0.905. The van der Waals surface area contributed by atoms with Crippen molar-refractivity contribution in [1.82, 2.24) is 0 Å². The number of aliphatic hydroxyl groups is 1. The number of ether oxygens (including phenoxy) is 1. The topological polar surface area (TPSA) is 87.0 Å². The van der Waals surface area contributed by atoms with E-state index in [9.17, 15) is 9.90 Å². The Balaban J connectivity index is 2.55. The molecule has 0 heterocycles. The molecule has 0 saturated carbocycles. The second-order valence-corrected chi connectivity index (χ2v) is 4.28. The molecule has 0 aliphatic rings. The third-order valence-electron chi connectivity index (χ3n) is 2.76. The minimum absolute atomic E-state index is 0.0432. The zero-order valence-corrected chi connectivity index (χ0v) is 10.8. The van der Waals surface area contributed by atoms with Gasteiger partial charge in [-0.3, -0.25) is 4.79 Å². The van der Waals surface area contributed by atoms with Gasteiger partial charge in [0, 0.05) is 18.6 Å². The van der Waals surface area contributed by atoms with E-state index in [4.69, 9.17) is 14.9 Å². The number of carbonyl (C=O) groups is 1. The summed E-state index contributed by atoms with van der Waals surface area (Å²) >= 11 is 0. The minimum Gasteiger partial charge on any atom is -0.508 e. The third kappa shape index (κ3) is 5.61. The number of aliphatic carboxylic acids is 1. The average Bonchev–Trinajstić information content (AvgIpc) is 2.37. The lowest BCUT2D eigenvalue weighted by Gasteiger charge is -2.12. The first-order chi connectivity index (χ1) is 9.15. The van der Waals surface area contributed by atoms with Crippen LogP contribution in [-0.4, -0.2) is 34.5 Å². The molecule has 1 aromatic carbocycles. The van der Waals surface area contributed by atoms with Crippen LogP contribution < -0.4 is 4.74 Å². The van der Waals surface area contributed by atoms with Crippen LogP contribution in [0.1, 0.15) is 31.2 Å². The van der Waals surface area contributed by atoms with Crippen LogP contribution in [0.4, 0.5) is 0 Å². The zero-order valence-electron chi connectivity index (χ0n) is 10.8. The van der Waals surface area contributed by atoms with Crippen LogP contribution in [0.15, 0.2) is 18.2 Å². The van der Waals surface area contributed by atoms with E-state index in [1.165, 1.54) is 6.07 Å². The molecular formula is C14H20O5. The van der Waals surface area contributed by atoms with E-state index in [2.05, 4.69) is 0 Å². The molecule has 0 fully saturated rings. The van der Waals surface area contributed by atoms with Crippen LogP contribution in [0.5, 0.6) is 11.5 Å². The normalized spacial score (nSPS) is 10.4. The summed E-state index contributed by atoms with van der Waals surface area (Å²) in [6.45, 7) is 0.666. The SMILES string of the molecule is O=C(O)CCc1c(O)cccc1OCCCCCO. The lowest BCUT2D eigenvalue weighted by atomic mass is 10.1. The summed E-state index contributed by atoms with van der Waals surface area (Å²) in [5.74, 6) is -0.309. The molecule has 0 aliphatic heterocycles. The van der Waals surface area contributed by atoms with E-state index in [1.807, 2.05) is 0 Å². The summed E-state index contributed by atoms with van der Waals surface area (Å²) in [5.41, 5.74) is 0.534. The molecule has 0 amide bonds. The smallest absolute Gasteiger partial charge is 0.303 e. The molecule has 106 valence electrons. The zero-order chi connectivity index (χ0) is 14.1. The van der Waals surface area contributed by atoms with Gasteiger partial charge in [-0.1, -0.05) is 6.07 Å². The molecule has 1 aromatic rings. The second kappa shape index (κ2) is 8.37. The largest absolute Gasteiger partial charge is 0.508 e. The molecule has 5 nitrogen and oxygen atoms in total. The van der Waals surface area contributed by atoms with Gasteiger partial charge in [0.05, 0.1) is 6.61 Å². The number of phenols is 1. The fraction of sp³-hybridized carbons (Fsp3) is 0.500. The standard InChI is InChI=1S/C14H20O5/c15-9-2-1-3-10-19-13-6-4-5-12(16)11(13)7-8-14(17)18/h4-6,15-16H,1-3,7-10H2,(H,17,18). The molecule has 19 heavy (non-hydrogen) atoms. The number of rotatable bonds is 9. The summed E-state index contributed by atoms with van der Waals surface area (Å²) in [5, 5.41) is 27.1. The summed E-state index contributed by atoms with van der Waals surface area (Å²) < 4.78 is 5.56. The lowest BCUT2D eigenvalue weighted by molar-refractivity contribution is -0.136. The average molecular weight is 268 g/mol. The fourth-order valence-electron chi connectivity index (χ4n) is 1.75. The molecule has 1 rings (SSSR count). The van der Waals surface area contributed by atoms with Crippen molar-refractivity contribution >= 4 is 5.97 Å². The van der Waals surface area contributed by atoms with Crippen molar-refractivity contribution in [1.29, 1.82) is 0 Å². The summed E-state index contributed by atoms with van der Waals surface area (Å²) in [6.07, 6.45) is 2.63. The number of hydrogen-bond donors (Lipinski definition) is 3. The lowest BCUT2D eigenvalue weighted by Crippen LogP contribution is -2.03. The van der Waals surface area contributed by atoms with Crippen LogP contribution in [-0.2, 0) is 11.2 Å². The highest BCUT2D eigenvalue weighted by Gasteiger charge is 2.10. The van der Waals surface area contributed by atoms with Crippen LogP contribution in [0.3, 0.4) is 0 Å². The van der Waals surface area contributed by atoms with Gasteiger partial charge in [-0.25, -0.2) is 0 Å². The first-order valence-electron chi connectivity index (χ1n) is 6.41. The van der Waals surface area contributed by atoms with E-state index < -0.39 is 5.97 Å². The Labute approximate surface area is 112 Å². The van der Waals surface area contributed by atoms with Gasteiger partial charge in [0.1, 0.15) is 11.5 Å². The van der Waals surface area contributed by atoms with Crippen molar-refractivity contribution in [3.8, 4) is 11.5 Å². The molecule has 0 spiro atoms. The van der Waals surface area contributed by atoms with Crippen LogP contribution >= 0.6 is 0 Å². The van der Waals surface area contributed by atoms with Crippen LogP contribution in [0.25, 0.3) is 0 Å². The maximum Gasteiger partial charge on any atom is 0.303 e. The predicted octanol–water partition coefficient (Wildman–Crippen LogP) is 1.95. The Morgan fingerprint density at radius 1 is 1.21 bits per heavy atom. The predicted molar refractivity (Wildman–Crippen MR) is 70.5 cm³/mol. The van der Waals surface area contributed by atoms with Crippen molar-refractivity contribution in [2.45, 2.75) is 32.1 Å². The number of carboxylic acids is 1. The molecule has 0 saturated heterocycles. The number of hydrogen-bond acceptors (Lipinski definition) is 4. The van der Waals surface area contributed by atoms with Gasteiger partial charge in [0.2, 0.25) is 0 Å². The van der Waals surface area contributed by atoms with E-state index in [0.29, 0.717) is 17.9 Å². The highest BCUT2D eigenvalue weighted by molar-refractivity contribution is 5.67. The first kappa shape index (κ1) is 15.3. The number of phenolic OH excluding ortho intramolecular Hbond substituents is 1. The molecule has 0 radical (unpaired) electrons. The van der Waals surface area contributed by atoms with E-state index in [-0.39, 0.29) is 25.2 Å². The van der Waals surface area contributed by atoms with E-state index in [0.717, 1.165) is 19.3 Å². The molecule has 0 aliphatic carbocycles. The fourth-order valence-corrected chi connectivity index (χ4v) is 1.75. The second-order valence-electron chi connectivity index (χ2n) is 4.28. The van der Waals surface area contributed by atoms with Crippen molar-refractivity contribution in [3.05, 3.63) is 23.8 Å². The Hall–Kier alpha value is -1.75. The maximum atomic E-state index is 10.6.